The highest BCUT2D eigenvalue weighted by molar-refractivity contribution is 5.84. The highest BCUT2D eigenvalue weighted by Gasteiger charge is 2.27. The number of carboxylic acid groups (broad SMARTS) is 1. The smallest absolute Gasteiger partial charge is 0.323 e. The van der Waals surface area contributed by atoms with E-state index >= 15 is 0 Å². The minimum Gasteiger partial charge on any atom is -0.480 e. The average Bonchev–Trinajstić information content (AvgIpc) is 2.54. The highest BCUT2D eigenvalue weighted by Crippen LogP contribution is 2.21. The number of carbonyl (C=O) groups excluding carboxylic acids is 1. The van der Waals surface area contributed by atoms with E-state index < -0.39 is 5.97 Å². The summed E-state index contributed by atoms with van der Waals surface area (Å²) in [6, 6.07) is 9.55. The fourth-order valence-electron chi connectivity index (χ4n) is 3.05. The van der Waals surface area contributed by atoms with Gasteiger partial charge in [0.05, 0.1) is 6.54 Å². The first-order valence-corrected chi connectivity index (χ1v) is 7.93. The summed E-state index contributed by atoms with van der Waals surface area (Å²) < 4.78 is 0. The van der Waals surface area contributed by atoms with Crippen LogP contribution in [0.5, 0.6) is 0 Å². The van der Waals surface area contributed by atoms with Crippen LogP contribution >= 0.6 is 0 Å². The Bertz CT molecular complexity index is 504. The maximum absolute atomic E-state index is 12.6. The normalized spacial score (nSPS) is 18.0. The molecule has 0 radical (unpaired) electrons. The van der Waals surface area contributed by atoms with Crippen LogP contribution in [0.25, 0.3) is 0 Å². The molecular weight excluding hydrogens is 280 g/mol. The molecule has 0 aliphatic carbocycles. The van der Waals surface area contributed by atoms with Crippen LogP contribution in [-0.4, -0.2) is 47.6 Å². The lowest BCUT2D eigenvalue weighted by atomic mass is 10.00. The number of anilines is 1. The van der Waals surface area contributed by atoms with Crippen LogP contribution < -0.4 is 4.90 Å². The van der Waals surface area contributed by atoms with Crippen molar-refractivity contribution in [2.75, 3.05) is 24.5 Å². The van der Waals surface area contributed by atoms with E-state index in [9.17, 15) is 9.59 Å². The molecule has 0 bridgehead atoms. The molecule has 120 valence electrons. The summed E-state index contributed by atoms with van der Waals surface area (Å²) in [6.07, 6.45) is 4.20. The second-order valence-corrected chi connectivity index (χ2v) is 5.73. The molecule has 1 fully saturated rings. The zero-order chi connectivity index (χ0) is 15.9. The molecule has 0 aromatic heterocycles. The molecule has 2 rings (SSSR count). The van der Waals surface area contributed by atoms with E-state index in [1.165, 1.54) is 6.42 Å². The Morgan fingerprint density at radius 2 is 1.95 bits per heavy atom. The molecule has 5 heteroatoms. The maximum atomic E-state index is 12.6. The molecule has 1 atom stereocenters. The van der Waals surface area contributed by atoms with E-state index in [0.29, 0.717) is 6.04 Å². The first-order valence-electron chi connectivity index (χ1n) is 7.93. The van der Waals surface area contributed by atoms with Gasteiger partial charge in [-0.3, -0.25) is 9.59 Å². The first kappa shape index (κ1) is 16.3. The summed E-state index contributed by atoms with van der Waals surface area (Å²) in [7, 11) is 0. The van der Waals surface area contributed by atoms with E-state index in [0.717, 1.165) is 31.5 Å². The Morgan fingerprint density at radius 3 is 2.59 bits per heavy atom. The van der Waals surface area contributed by atoms with Crippen LogP contribution in [-0.2, 0) is 9.59 Å². The van der Waals surface area contributed by atoms with Gasteiger partial charge in [0.1, 0.15) is 6.54 Å². The molecule has 1 aliphatic rings. The van der Waals surface area contributed by atoms with Crippen LogP contribution in [0.2, 0.25) is 0 Å². The number of carbonyl (C=O) groups is 2. The number of rotatable bonds is 6. The number of likely N-dealkylation sites (tertiary alicyclic amines) is 1. The third-order valence-corrected chi connectivity index (χ3v) is 4.19. The maximum Gasteiger partial charge on any atom is 0.323 e. The van der Waals surface area contributed by atoms with Gasteiger partial charge in [-0.05, 0) is 37.8 Å². The largest absolute Gasteiger partial charge is 0.480 e. The zero-order valence-electron chi connectivity index (χ0n) is 13.1. The van der Waals surface area contributed by atoms with Gasteiger partial charge in [-0.1, -0.05) is 25.1 Å². The van der Waals surface area contributed by atoms with Crippen molar-refractivity contribution in [3.8, 4) is 0 Å². The summed E-state index contributed by atoms with van der Waals surface area (Å²) in [5.41, 5.74) is 0.767. The van der Waals surface area contributed by atoms with E-state index in [2.05, 4.69) is 6.92 Å². The molecule has 1 amide bonds. The van der Waals surface area contributed by atoms with Crippen LogP contribution in [0.1, 0.15) is 32.6 Å². The van der Waals surface area contributed by atoms with E-state index in [4.69, 9.17) is 5.11 Å². The molecule has 1 heterocycles. The number of nitrogens with zero attached hydrogens (tertiary/aromatic N) is 2. The summed E-state index contributed by atoms with van der Waals surface area (Å²) in [6.45, 7) is 2.84. The lowest BCUT2D eigenvalue weighted by Crippen LogP contribution is -2.48. The minimum absolute atomic E-state index is 0.0247. The molecule has 5 nitrogen and oxygen atoms in total. The van der Waals surface area contributed by atoms with Gasteiger partial charge in [-0.2, -0.15) is 0 Å². The van der Waals surface area contributed by atoms with Crippen molar-refractivity contribution in [2.24, 2.45) is 0 Å². The van der Waals surface area contributed by atoms with Gasteiger partial charge in [-0.25, -0.2) is 0 Å². The third-order valence-electron chi connectivity index (χ3n) is 4.19. The number of hydrogen-bond acceptors (Lipinski definition) is 3. The number of carboxylic acids is 1. The van der Waals surface area contributed by atoms with Gasteiger partial charge in [0.25, 0.3) is 0 Å². The Balaban J connectivity index is 2.09. The van der Waals surface area contributed by atoms with Crippen LogP contribution in [0, 0.1) is 0 Å². The summed E-state index contributed by atoms with van der Waals surface area (Å²) >= 11 is 0. The van der Waals surface area contributed by atoms with Gasteiger partial charge in [0, 0.05) is 18.3 Å². The Morgan fingerprint density at radius 1 is 1.23 bits per heavy atom. The predicted molar refractivity (Wildman–Crippen MR) is 85.9 cm³/mol. The molecule has 0 saturated carbocycles. The fraction of sp³-hybridized carbons (Fsp3) is 0.529. The van der Waals surface area contributed by atoms with Crippen LogP contribution in [0.4, 0.5) is 5.69 Å². The first-order chi connectivity index (χ1) is 10.6. The Hall–Kier alpha value is -2.04. The number of aliphatic carboxylic acids is 1. The molecule has 1 N–H and O–H groups in total. The third kappa shape index (κ3) is 4.23. The monoisotopic (exact) mass is 304 g/mol. The van der Waals surface area contributed by atoms with Crippen LogP contribution in [0.3, 0.4) is 0 Å². The molecule has 1 saturated heterocycles. The number of benzene rings is 1. The number of para-hydroxylation sites is 1. The lowest BCUT2D eigenvalue weighted by Gasteiger charge is -2.36. The minimum atomic E-state index is -0.928. The van der Waals surface area contributed by atoms with Crippen molar-refractivity contribution >= 4 is 17.6 Å². The zero-order valence-corrected chi connectivity index (χ0v) is 13.1. The van der Waals surface area contributed by atoms with Crippen molar-refractivity contribution in [3.05, 3.63) is 30.3 Å². The van der Waals surface area contributed by atoms with Crippen molar-refractivity contribution in [2.45, 2.75) is 38.6 Å². The van der Waals surface area contributed by atoms with Gasteiger partial charge in [0.15, 0.2) is 0 Å². The van der Waals surface area contributed by atoms with E-state index in [-0.39, 0.29) is 19.0 Å². The van der Waals surface area contributed by atoms with Crippen LogP contribution in [0.15, 0.2) is 30.3 Å². The van der Waals surface area contributed by atoms with Crippen molar-refractivity contribution in [3.63, 3.8) is 0 Å². The van der Waals surface area contributed by atoms with Crippen molar-refractivity contribution < 1.29 is 14.7 Å². The second kappa shape index (κ2) is 7.82. The Kier molecular flexibility index (Phi) is 5.81. The standard InChI is InChI=1S/C17H24N2O3/c1-2-14-8-6-7-11-19(14)16(20)12-18(13-17(21)22)15-9-4-3-5-10-15/h3-5,9-10,14H,2,6-8,11-13H2,1H3,(H,21,22). The molecule has 1 aliphatic heterocycles. The number of piperidine rings is 1. The topological polar surface area (TPSA) is 60.9 Å². The van der Waals surface area contributed by atoms with Gasteiger partial charge >= 0.3 is 5.97 Å². The van der Waals surface area contributed by atoms with Gasteiger partial charge in [-0.15, -0.1) is 0 Å². The van der Waals surface area contributed by atoms with Gasteiger partial charge in [0.2, 0.25) is 5.91 Å². The number of hydrogen-bond donors (Lipinski definition) is 1. The van der Waals surface area contributed by atoms with Gasteiger partial charge < -0.3 is 14.9 Å². The fourth-order valence-corrected chi connectivity index (χ4v) is 3.05. The molecule has 1 unspecified atom stereocenters. The molecule has 1 aromatic carbocycles. The van der Waals surface area contributed by atoms with E-state index in [1.807, 2.05) is 35.2 Å². The summed E-state index contributed by atoms with van der Waals surface area (Å²) in [5.74, 6) is -0.904. The lowest BCUT2D eigenvalue weighted by molar-refractivity contribution is -0.135. The molecule has 0 spiro atoms. The Labute approximate surface area is 131 Å². The molecule has 22 heavy (non-hydrogen) atoms. The summed E-state index contributed by atoms with van der Waals surface area (Å²) in [4.78, 5) is 27.3. The quantitative estimate of drug-likeness (QED) is 0.876. The summed E-state index contributed by atoms with van der Waals surface area (Å²) in [5, 5.41) is 9.10. The number of amides is 1. The second-order valence-electron chi connectivity index (χ2n) is 5.73. The molecular formula is C17H24N2O3. The predicted octanol–water partition coefficient (Wildman–Crippen LogP) is 2.37. The van der Waals surface area contributed by atoms with Crippen molar-refractivity contribution in [1.29, 1.82) is 0 Å². The van der Waals surface area contributed by atoms with Crippen molar-refractivity contribution in [1.82, 2.24) is 4.90 Å². The SMILES string of the molecule is CCC1CCCCN1C(=O)CN(CC(=O)O)c1ccccc1. The van der Waals surface area contributed by atoms with E-state index in [1.54, 1.807) is 4.90 Å². The average molecular weight is 304 g/mol. The molecule has 1 aromatic rings. The highest BCUT2D eigenvalue weighted by atomic mass is 16.4.